The van der Waals surface area contributed by atoms with Crippen molar-refractivity contribution in [2.24, 2.45) is 0 Å². The molecule has 0 amide bonds. The van der Waals surface area contributed by atoms with Crippen LogP contribution in [0.4, 0.5) is 0 Å². The number of nitrogens with one attached hydrogen (secondary N) is 1. The first kappa shape index (κ1) is 15.8. The van der Waals surface area contributed by atoms with Crippen LogP contribution in [0.2, 0.25) is 5.02 Å². The van der Waals surface area contributed by atoms with Crippen LogP contribution in [0.5, 0.6) is 11.6 Å². The Morgan fingerprint density at radius 2 is 1.90 bits per heavy atom. The molecule has 1 aromatic heterocycles. The molecule has 0 aliphatic heterocycles. The van der Waals surface area contributed by atoms with Crippen LogP contribution in [-0.4, -0.2) is 11.5 Å². The van der Waals surface area contributed by atoms with E-state index in [0.717, 1.165) is 34.0 Å². The number of pyridine rings is 1. The van der Waals surface area contributed by atoms with Gasteiger partial charge in [-0.15, -0.1) is 0 Å². The highest BCUT2D eigenvalue weighted by atomic mass is 35.5. The standard InChI is InChI=1S/C17H21ClN2O/c1-5-19-13(4)14-6-7-20-16(10-14)21-15-8-11(2)17(18)12(3)9-15/h6-10,13,19H,5H2,1-4H3. The third kappa shape index (κ3) is 3.96. The number of benzene rings is 1. The fraction of sp³-hybridized carbons (Fsp3) is 0.353. The van der Waals surface area contributed by atoms with Crippen molar-refractivity contribution in [1.29, 1.82) is 0 Å². The molecule has 4 heteroatoms. The molecule has 112 valence electrons. The normalized spacial score (nSPS) is 12.2. The number of ether oxygens (including phenoxy) is 1. The van der Waals surface area contributed by atoms with Gasteiger partial charge in [-0.2, -0.15) is 0 Å². The highest BCUT2D eigenvalue weighted by Crippen LogP contribution is 2.29. The number of aromatic nitrogens is 1. The van der Waals surface area contributed by atoms with Gasteiger partial charge in [0.1, 0.15) is 5.75 Å². The van der Waals surface area contributed by atoms with E-state index in [1.165, 1.54) is 0 Å². The largest absolute Gasteiger partial charge is 0.439 e. The summed E-state index contributed by atoms with van der Waals surface area (Å²) in [6, 6.07) is 8.09. The molecule has 1 N–H and O–H groups in total. The molecular formula is C17H21ClN2O. The molecule has 0 aliphatic rings. The van der Waals surface area contributed by atoms with Gasteiger partial charge < -0.3 is 10.1 Å². The van der Waals surface area contributed by atoms with E-state index < -0.39 is 0 Å². The molecule has 0 fully saturated rings. The Kier molecular flexibility index (Phi) is 5.21. The van der Waals surface area contributed by atoms with Gasteiger partial charge in [-0.1, -0.05) is 18.5 Å². The Labute approximate surface area is 131 Å². The van der Waals surface area contributed by atoms with Gasteiger partial charge in [0.25, 0.3) is 0 Å². The van der Waals surface area contributed by atoms with Gasteiger partial charge in [0.05, 0.1) is 0 Å². The molecule has 0 spiro atoms. The number of nitrogens with zero attached hydrogens (tertiary/aromatic N) is 1. The molecular weight excluding hydrogens is 284 g/mol. The number of rotatable bonds is 5. The lowest BCUT2D eigenvalue weighted by Crippen LogP contribution is -2.17. The van der Waals surface area contributed by atoms with Crippen molar-refractivity contribution in [2.45, 2.75) is 33.7 Å². The second kappa shape index (κ2) is 6.92. The van der Waals surface area contributed by atoms with Crippen LogP contribution in [0.25, 0.3) is 0 Å². The first-order valence-electron chi connectivity index (χ1n) is 7.15. The molecule has 21 heavy (non-hydrogen) atoms. The van der Waals surface area contributed by atoms with Crippen molar-refractivity contribution in [3.63, 3.8) is 0 Å². The van der Waals surface area contributed by atoms with Crippen molar-refractivity contribution in [2.75, 3.05) is 6.54 Å². The SMILES string of the molecule is CCNC(C)c1ccnc(Oc2cc(C)c(Cl)c(C)c2)c1. The minimum Gasteiger partial charge on any atom is -0.439 e. The van der Waals surface area contributed by atoms with Crippen LogP contribution in [-0.2, 0) is 0 Å². The van der Waals surface area contributed by atoms with Gasteiger partial charge in [-0.3, -0.25) is 0 Å². The highest BCUT2D eigenvalue weighted by molar-refractivity contribution is 6.32. The average Bonchev–Trinajstić information content (AvgIpc) is 2.45. The van der Waals surface area contributed by atoms with Crippen LogP contribution in [0.15, 0.2) is 30.5 Å². The molecule has 2 aromatic rings. The predicted octanol–water partition coefficient (Wildman–Crippen LogP) is 4.81. The number of hydrogen-bond acceptors (Lipinski definition) is 3. The van der Waals surface area contributed by atoms with E-state index in [2.05, 4.69) is 24.1 Å². The van der Waals surface area contributed by atoms with Gasteiger partial charge in [0, 0.05) is 23.3 Å². The lowest BCUT2D eigenvalue weighted by atomic mass is 10.1. The lowest BCUT2D eigenvalue weighted by molar-refractivity contribution is 0.459. The van der Waals surface area contributed by atoms with E-state index in [9.17, 15) is 0 Å². The summed E-state index contributed by atoms with van der Waals surface area (Å²) >= 11 is 6.17. The van der Waals surface area contributed by atoms with Crippen molar-refractivity contribution in [1.82, 2.24) is 10.3 Å². The summed E-state index contributed by atoms with van der Waals surface area (Å²) < 4.78 is 5.87. The van der Waals surface area contributed by atoms with Crippen molar-refractivity contribution >= 4 is 11.6 Å². The van der Waals surface area contributed by atoms with Gasteiger partial charge >= 0.3 is 0 Å². The van der Waals surface area contributed by atoms with E-state index in [4.69, 9.17) is 16.3 Å². The van der Waals surface area contributed by atoms with E-state index >= 15 is 0 Å². The summed E-state index contributed by atoms with van der Waals surface area (Å²) in [6.45, 7) is 9.08. The molecule has 0 radical (unpaired) electrons. The lowest BCUT2D eigenvalue weighted by Gasteiger charge is -2.14. The zero-order valence-electron chi connectivity index (χ0n) is 12.9. The smallest absolute Gasteiger partial charge is 0.219 e. The molecule has 1 aromatic carbocycles. The number of halogens is 1. The van der Waals surface area contributed by atoms with Gasteiger partial charge in [-0.25, -0.2) is 4.98 Å². The van der Waals surface area contributed by atoms with Crippen molar-refractivity contribution in [3.8, 4) is 11.6 Å². The van der Waals surface area contributed by atoms with Gasteiger partial charge in [0.2, 0.25) is 5.88 Å². The molecule has 0 aliphatic carbocycles. The maximum Gasteiger partial charge on any atom is 0.219 e. The first-order valence-corrected chi connectivity index (χ1v) is 7.53. The molecule has 1 heterocycles. The summed E-state index contributed by atoms with van der Waals surface area (Å²) in [5.74, 6) is 1.36. The van der Waals surface area contributed by atoms with E-state index in [1.807, 2.05) is 38.1 Å². The van der Waals surface area contributed by atoms with Gasteiger partial charge in [0.15, 0.2) is 0 Å². The molecule has 2 rings (SSSR count). The van der Waals surface area contributed by atoms with Crippen LogP contribution in [0, 0.1) is 13.8 Å². The molecule has 1 atom stereocenters. The summed E-state index contributed by atoms with van der Waals surface area (Å²) in [7, 11) is 0. The Bertz CT molecular complexity index is 605. The Balaban J connectivity index is 2.22. The van der Waals surface area contributed by atoms with E-state index in [-0.39, 0.29) is 6.04 Å². The minimum atomic E-state index is 0.272. The monoisotopic (exact) mass is 304 g/mol. The third-order valence-corrected chi connectivity index (χ3v) is 4.00. The second-order valence-corrected chi connectivity index (χ2v) is 5.56. The number of hydrogen-bond donors (Lipinski definition) is 1. The van der Waals surface area contributed by atoms with Crippen LogP contribution in [0.3, 0.4) is 0 Å². The minimum absolute atomic E-state index is 0.272. The molecule has 1 unspecified atom stereocenters. The molecule has 3 nitrogen and oxygen atoms in total. The van der Waals surface area contributed by atoms with Crippen molar-refractivity contribution < 1.29 is 4.74 Å². The summed E-state index contributed by atoms with van der Waals surface area (Å²) in [5.41, 5.74) is 3.16. The second-order valence-electron chi connectivity index (χ2n) is 5.18. The molecule has 0 bridgehead atoms. The fourth-order valence-electron chi connectivity index (χ4n) is 2.26. The molecule has 0 saturated carbocycles. The van der Waals surface area contributed by atoms with Crippen molar-refractivity contribution in [3.05, 3.63) is 52.2 Å². The fourth-order valence-corrected chi connectivity index (χ4v) is 2.37. The topological polar surface area (TPSA) is 34.2 Å². The third-order valence-electron chi connectivity index (χ3n) is 3.40. The summed E-state index contributed by atoms with van der Waals surface area (Å²) in [4.78, 5) is 4.28. The Morgan fingerprint density at radius 3 is 2.52 bits per heavy atom. The van der Waals surface area contributed by atoms with E-state index in [0.29, 0.717) is 5.88 Å². The summed E-state index contributed by atoms with van der Waals surface area (Å²) in [6.07, 6.45) is 1.77. The molecule has 0 saturated heterocycles. The van der Waals surface area contributed by atoms with Crippen LogP contribution < -0.4 is 10.1 Å². The zero-order chi connectivity index (χ0) is 15.4. The maximum absolute atomic E-state index is 6.17. The Morgan fingerprint density at radius 1 is 1.24 bits per heavy atom. The quantitative estimate of drug-likeness (QED) is 0.860. The Hall–Kier alpha value is -1.58. The first-order chi connectivity index (χ1) is 10.0. The van der Waals surface area contributed by atoms with Crippen LogP contribution in [0.1, 0.15) is 36.6 Å². The predicted molar refractivity (Wildman–Crippen MR) is 87.3 cm³/mol. The average molecular weight is 305 g/mol. The zero-order valence-corrected chi connectivity index (χ0v) is 13.7. The van der Waals surface area contributed by atoms with Gasteiger partial charge in [-0.05, 0) is 62.2 Å². The summed E-state index contributed by atoms with van der Waals surface area (Å²) in [5, 5.41) is 4.16. The van der Waals surface area contributed by atoms with Crippen LogP contribution >= 0.6 is 11.6 Å². The number of aryl methyl sites for hydroxylation is 2. The maximum atomic E-state index is 6.17. The van der Waals surface area contributed by atoms with E-state index in [1.54, 1.807) is 6.20 Å². The highest BCUT2D eigenvalue weighted by Gasteiger charge is 2.08.